The van der Waals surface area contributed by atoms with Crippen LogP contribution in [0.5, 0.6) is 11.5 Å². The maximum absolute atomic E-state index is 5.77. The molecule has 2 N–H and O–H groups in total. The molecule has 4 nitrogen and oxygen atoms in total. The lowest BCUT2D eigenvalue weighted by molar-refractivity contribution is 0.482. The topological polar surface area (TPSA) is 61.0 Å². The van der Waals surface area contributed by atoms with Gasteiger partial charge in [0, 0.05) is 17.1 Å². The minimum Gasteiger partial charge on any atom is -0.457 e. The Hall–Kier alpha value is -2.40. The number of hydrogen-bond acceptors (Lipinski definition) is 5. The van der Waals surface area contributed by atoms with Crippen LogP contribution in [-0.4, -0.2) is 9.36 Å². The van der Waals surface area contributed by atoms with Gasteiger partial charge in [-0.15, -0.1) is 0 Å². The van der Waals surface area contributed by atoms with Crippen molar-refractivity contribution in [1.82, 2.24) is 9.36 Å². The third kappa shape index (κ3) is 2.78. The zero-order valence-corrected chi connectivity index (χ0v) is 11.7. The molecule has 3 rings (SSSR count). The smallest absolute Gasteiger partial charge is 0.200 e. The van der Waals surface area contributed by atoms with E-state index in [-0.39, 0.29) is 0 Å². The Morgan fingerprint density at radius 1 is 0.950 bits per heavy atom. The van der Waals surface area contributed by atoms with Crippen molar-refractivity contribution in [2.45, 2.75) is 6.92 Å². The monoisotopic (exact) mass is 283 g/mol. The van der Waals surface area contributed by atoms with Crippen molar-refractivity contribution in [2.75, 3.05) is 5.73 Å². The SMILES string of the molecule is Cc1ccc(Oc2ccc(-c3nsc(N)n3)cc2)cc1. The number of ether oxygens (including phenoxy) is 1. The molecule has 2 aromatic carbocycles. The Labute approximate surface area is 121 Å². The first-order chi connectivity index (χ1) is 9.70. The number of hydrogen-bond donors (Lipinski definition) is 1. The molecule has 0 aliphatic carbocycles. The number of aryl methyl sites for hydroxylation is 1. The van der Waals surface area contributed by atoms with Crippen molar-refractivity contribution in [3.8, 4) is 22.9 Å². The maximum Gasteiger partial charge on any atom is 0.200 e. The van der Waals surface area contributed by atoms with E-state index in [1.165, 1.54) is 17.1 Å². The Morgan fingerprint density at radius 3 is 2.10 bits per heavy atom. The molecule has 0 saturated carbocycles. The average molecular weight is 283 g/mol. The van der Waals surface area contributed by atoms with Crippen LogP contribution in [-0.2, 0) is 0 Å². The number of nitrogen functional groups attached to an aromatic ring is 1. The second-order valence-corrected chi connectivity index (χ2v) is 5.18. The summed E-state index contributed by atoms with van der Waals surface area (Å²) in [7, 11) is 0. The average Bonchev–Trinajstić information content (AvgIpc) is 2.89. The van der Waals surface area contributed by atoms with E-state index in [1.807, 2.05) is 55.5 Å². The van der Waals surface area contributed by atoms with Crippen LogP contribution in [0, 0.1) is 6.92 Å². The number of nitrogens with zero attached hydrogens (tertiary/aromatic N) is 2. The van der Waals surface area contributed by atoms with Gasteiger partial charge in [-0.2, -0.15) is 9.36 Å². The van der Waals surface area contributed by atoms with E-state index >= 15 is 0 Å². The molecule has 20 heavy (non-hydrogen) atoms. The predicted molar refractivity (Wildman–Crippen MR) is 81.0 cm³/mol. The van der Waals surface area contributed by atoms with Crippen LogP contribution in [0.2, 0.25) is 0 Å². The molecule has 0 bridgehead atoms. The predicted octanol–water partition coefficient (Wildman–Crippen LogP) is 3.89. The largest absolute Gasteiger partial charge is 0.457 e. The van der Waals surface area contributed by atoms with Gasteiger partial charge in [-0.1, -0.05) is 17.7 Å². The second kappa shape index (κ2) is 5.30. The molecule has 0 aliphatic heterocycles. The molecule has 0 atom stereocenters. The van der Waals surface area contributed by atoms with Crippen molar-refractivity contribution >= 4 is 16.7 Å². The molecule has 0 fully saturated rings. The Bertz CT molecular complexity index is 705. The normalized spacial score (nSPS) is 10.4. The minimum absolute atomic E-state index is 0.472. The summed E-state index contributed by atoms with van der Waals surface area (Å²) in [5.74, 6) is 2.24. The van der Waals surface area contributed by atoms with Crippen molar-refractivity contribution in [3.63, 3.8) is 0 Å². The van der Waals surface area contributed by atoms with Crippen LogP contribution >= 0.6 is 11.5 Å². The van der Waals surface area contributed by atoms with Crippen LogP contribution in [0.25, 0.3) is 11.4 Å². The first kappa shape index (κ1) is 12.6. The molecule has 5 heteroatoms. The number of anilines is 1. The summed E-state index contributed by atoms with van der Waals surface area (Å²) in [6, 6.07) is 15.6. The number of rotatable bonds is 3. The number of benzene rings is 2. The lowest BCUT2D eigenvalue weighted by Crippen LogP contribution is -1.86. The van der Waals surface area contributed by atoms with Gasteiger partial charge in [-0.25, -0.2) is 0 Å². The molecule has 0 saturated heterocycles. The molecule has 3 aromatic rings. The third-order valence-corrected chi connectivity index (χ3v) is 3.35. The van der Waals surface area contributed by atoms with Crippen molar-refractivity contribution in [3.05, 3.63) is 54.1 Å². The van der Waals surface area contributed by atoms with Gasteiger partial charge in [-0.3, -0.25) is 0 Å². The summed E-state index contributed by atoms with van der Waals surface area (Å²) in [4.78, 5) is 4.15. The first-order valence-electron chi connectivity index (χ1n) is 6.15. The van der Waals surface area contributed by atoms with Crippen molar-refractivity contribution in [1.29, 1.82) is 0 Å². The fourth-order valence-corrected chi connectivity index (χ4v) is 2.22. The molecular formula is C15H13N3OS. The van der Waals surface area contributed by atoms with Gasteiger partial charge >= 0.3 is 0 Å². The van der Waals surface area contributed by atoms with Crippen molar-refractivity contribution in [2.24, 2.45) is 0 Å². The molecule has 1 heterocycles. The Kier molecular flexibility index (Phi) is 3.35. The fraction of sp³-hybridized carbons (Fsp3) is 0.0667. The summed E-state index contributed by atoms with van der Waals surface area (Å²) in [6.07, 6.45) is 0. The van der Waals surface area contributed by atoms with E-state index in [2.05, 4.69) is 9.36 Å². The highest BCUT2D eigenvalue weighted by Gasteiger charge is 2.05. The van der Waals surface area contributed by atoms with Gasteiger partial charge in [0.25, 0.3) is 0 Å². The highest BCUT2D eigenvalue weighted by atomic mass is 32.1. The Balaban J connectivity index is 1.77. The van der Waals surface area contributed by atoms with Crippen LogP contribution < -0.4 is 10.5 Å². The molecule has 100 valence electrons. The van der Waals surface area contributed by atoms with Gasteiger partial charge < -0.3 is 10.5 Å². The van der Waals surface area contributed by atoms with E-state index in [1.54, 1.807) is 0 Å². The van der Waals surface area contributed by atoms with Crippen LogP contribution in [0.3, 0.4) is 0 Å². The summed E-state index contributed by atoms with van der Waals surface area (Å²) >= 11 is 1.19. The van der Waals surface area contributed by atoms with Gasteiger partial charge in [0.1, 0.15) is 11.5 Å². The van der Waals surface area contributed by atoms with Crippen LogP contribution in [0.1, 0.15) is 5.56 Å². The minimum atomic E-state index is 0.472. The number of nitrogens with two attached hydrogens (primary N) is 1. The fourth-order valence-electron chi connectivity index (χ4n) is 1.77. The van der Waals surface area contributed by atoms with Gasteiger partial charge in [-0.05, 0) is 43.3 Å². The summed E-state index contributed by atoms with van der Waals surface area (Å²) < 4.78 is 9.94. The molecule has 0 amide bonds. The van der Waals surface area contributed by atoms with Gasteiger partial charge in [0.05, 0.1) is 0 Å². The van der Waals surface area contributed by atoms with Crippen LogP contribution in [0.4, 0.5) is 5.13 Å². The molecule has 0 radical (unpaired) electrons. The summed E-state index contributed by atoms with van der Waals surface area (Å²) in [6.45, 7) is 2.05. The Morgan fingerprint density at radius 2 is 1.55 bits per heavy atom. The van der Waals surface area contributed by atoms with E-state index in [4.69, 9.17) is 10.5 Å². The molecule has 1 aromatic heterocycles. The number of aromatic nitrogens is 2. The lowest BCUT2D eigenvalue weighted by atomic mass is 10.2. The lowest BCUT2D eigenvalue weighted by Gasteiger charge is -2.06. The van der Waals surface area contributed by atoms with Gasteiger partial charge in [0.15, 0.2) is 11.0 Å². The van der Waals surface area contributed by atoms with E-state index in [0.717, 1.165) is 17.1 Å². The first-order valence-corrected chi connectivity index (χ1v) is 6.92. The zero-order valence-electron chi connectivity index (χ0n) is 10.9. The van der Waals surface area contributed by atoms with E-state index < -0.39 is 0 Å². The molecule has 0 spiro atoms. The maximum atomic E-state index is 5.77. The van der Waals surface area contributed by atoms with E-state index in [9.17, 15) is 0 Å². The van der Waals surface area contributed by atoms with E-state index in [0.29, 0.717) is 11.0 Å². The quantitative estimate of drug-likeness (QED) is 0.792. The van der Waals surface area contributed by atoms with Crippen LogP contribution in [0.15, 0.2) is 48.5 Å². The van der Waals surface area contributed by atoms with Gasteiger partial charge in [0.2, 0.25) is 0 Å². The summed E-state index contributed by atoms with van der Waals surface area (Å²) in [5, 5.41) is 0.472. The third-order valence-electron chi connectivity index (χ3n) is 2.81. The zero-order chi connectivity index (χ0) is 13.9. The standard InChI is InChI=1S/C15H13N3OS/c1-10-2-6-12(7-3-10)19-13-8-4-11(5-9-13)14-17-15(16)20-18-14/h2-9H,1H3,(H2,16,17,18). The van der Waals surface area contributed by atoms with Crippen molar-refractivity contribution < 1.29 is 4.74 Å². The molecule has 0 aliphatic rings. The molecule has 0 unspecified atom stereocenters. The highest BCUT2D eigenvalue weighted by molar-refractivity contribution is 7.09. The summed E-state index contributed by atoms with van der Waals surface area (Å²) in [5.41, 5.74) is 7.71. The highest BCUT2D eigenvalue weighted by Crippen LogP contribution is 2.25. The second-order valence-electron chi connectivity index (χ2n) is 4.40. The molecular weight excluding hydrogens is 270 g/mol.